The van der Waals surface area contributed by atoms with Crippen molar-refractivity contribution in [2.24, 2.45) is 23.2 Å². The van der Waals surface area contributed by atoms with Crippen molar-refractivity contribution in [1.82, 2.24) is 14.7 Å². The smallest absolute Gasteiger partial charge is 0.138 e. The number of Topliss-reactive ketones (excluding diaryl/α,β-unsaturated/α-hetero) is 1. The Labute approximate surface area is 206 Å². The third-order valence-corrected chi connectivity index (χ3v) is 9.02. The Morgan fingerprint density at radius 3 is 2.29 bits per heavy atom. The molecule has 34 heavy (non-hydrogen) atoms. The van der Waals surface area contributed by atoms with Gasteiger partial charge < -0.3 is 0 Å². The molecule has 2 aromatic rings. The van der Waals surface area contributed by atoms with Gasteiger partial charge in [-0.3, -0.25) is 14.4 Å². The topological polar surface area (TPSA) is 38.1 Å². The van der Waals surface area contributed by atoms with Crippen molar-refractivity contribution in [2.45, 2.75) is 91.1 Å². The van der Waals surface area contributed by atoms with E-state index in [1.165, 1.54) is 55.5 Å². The monoisotopic (exact) mass is 461 g/mol. The number of rotatable bonds is 8. The fourth-order valence-corrected chi connectivity index (χ4v) is 6.74. The summed E-state index contributed by atoms with van der Waals surface area (Å²) in [6.45, 7) is 13.1. The average Bonchev–Trinajstić information content (AvgIpc) is 3.23. The summed E-state index contributed by atoms with van der Waals surface area (Å²) >= 11 is 0. The molecule has 0 amide bonds. The number of likely N-dealkylation sites (tertiary alicyclic amines) is 1. The number of hydrogen-bond donors (Lipinski definition) is 0. The van der Waals surface area contributed by atoms with E-state index in [4.69, 9.17) is 0 Å². The van der Waals surface area contributed by atoms with Crippen LogP contribution in [0.25, 0.3) is 0 Å². The molecule has 1 aromatic heterocycles. The van der Waals surface area contributed by atoms with Crippen LogP contribution in [0.4, 0.5) is 0 Å². The van der Waals surface area contributed by atoms with E-state index >= 15 is 0 Å². The van der Waals surface area contributed by atoms with Crippen molar-refractivity contribution in [3.05, 3.63) is 53.3 Å². The zero-order valence-corrected chi connectivity index (χ0v) is 21.7. The SMILES string of the molecule is CC(C)c1cnn(CC2CCN(Cc3ccc([C@H]4CC5(C[C@H](C(=O)C(C)C)C5)C4)cc3)CC2)c1. The molecule has 0 atom stereocenters. The molecule has 3 fully saturated rings. The number of ketones is 1. The van der Waals surface area contributed by atoms with E-state index in [0.717, 1.165) is 31.8 Å². The number of piperidine rings is 1. The highest BCUT2D eigenvalue weighted by Gasteiger charge is 2.54. The predicted octanol–water partition coefficient (Wildman–Crippen LogP) is 6.42. The molecule has 184 valence electrons. The molecule has 1 saturated heterocycles. The fourth-order valence-electron chi connectivity index (χ4n) is 6.74. The minimum absolute atomic E-state index is 0.200. The molecular formula is C30H43N3O. The average molecular weight is 462 g/mol. The molecule has 1 spiro atoms. The van der Waals surface area contributed by atoms with Gasteiger partial charge in [-0.1, -0.05) is 52.0 Å². The first-order valence-electron chi connectivity index (χ1n) is 13.7. The molecule has 0 bridgehead atoms. The van der Waals surface area contributed by atoms with E-state index in [0.29, 0.717) is 29.0 Å². The van der Waals surface area contributed by atoms with Crippen LogP contribution >= 0.6 is 0 Å². The van der Waals surface area contributed by atoms with E-state index in [2.05, 4.69) is 59.0 Å². The molecule has 3 aliphatic rings. The molecule has 0 unspecified atom stereocenters. The van der Waals surface area contributed by atoms with Crippen LogP contribution in [0.1, 0.15) is 94.7 Å². The maximum absolute atomic E-state index is 12.2. The lowest BCUT2D eigenvalue weighted by atomic mass is 9.46. The third-order valence-electron chi connectivity index (χ3n) is 9.02. The molecule has 1 aliphatic heterocycles. The highest BCUT2D eigenvalue weighted by molar-refractivity contribution is 5.83. The Morgan fingerprint density at radius 1 is 1.03 bits per heavy atom. The quantitative estimate of drug-likeness (QED) is 0.455. The Bertz CT molecular complexity index is 967. The van der Waals surface area contributed by atoms with Crippen molar-refractivity contribution in [3.8, 4) is 0 Å². The second-order valence-electron chi connectivity index (χ2n) is 12.4. The first kappa shape index (κ1) is 23.8. The summed E-state index contributed by atoms with van der Waals surface area (Å²) in [6, 6.07) is 9.46. The molecular weight excluding hydrogens is 418 g/mol. The van der Waals surface area contributed by atoms with Crippen molar-refractivity contribution in [2.75, 3.05) is 13.1 Å². The standard InChI is InChI=1S/C30H43N3O/c1-21(2)28-17-31-33(20-28)19-24-9-11-32(12-10-24)18-23-5-7-25(8-6-23)26-13-30(14-26)15-27(16-30)29(34)22(3)4/h5-8,17,20-22,24,26-27H,9-16,18-19H2,1-4H3/t26-,27-,30?. The minimum Gasteiger partial charge on any atom is -0.299 e. The summed E-state index contributed by atoms with van der Waals surface area (Å²) in [4.78, 5) is 14.8. The van der Waals surface area contributed by atoms with Crippen LogP contribution in [-0.2, 0) is 17.9 Å². The number of hydrogen-bond acceptors (Lipinski definition) is 3. The molecule has 0 N–H and O–H groups in total. The van der Waals surface area contributed by atoms with Gasteiger partial charge in [-0.25, -0.2) is 0 Å². The van der Waals surface area contributed by atoms with Crippen LogP contribution < -0.4 is 0 Å². The van der Waals surface area contributed by atoms with Gasteiger partial charge in [0.15, 0.2) is 0 Å². The minimum atomic E-state index is 0.200. The van der Waals surface area contributed by atoms with E-state index < -0.39 is 0 Å². The van der Waals surface area contributed by atoms with Gasteiger partial charge in [0.25, 0.3) is 0 Å². The van der Waals surface area contributed by atoms with Crippen LogP contribution in [0.2, 0.25) is 0 Å². The lowest BCUT2D eigenvalue weighted by Crippen LogP contribution is -2.49. The van der Waals surface area contributed by atoms with Crippen LogP contribution in [0.5, 0.6) is 0 Å². The molecule has 5 rings (SSSR count). The highest BCUT2D eigenvalue weighted by atomic mass is 16.1. The summed E-state index contributed by atoms with van der Waals surface area (Å²) < 4.78 is 2.16. The van der Waals surface area contributed by atoms with Gasteiger partial charge in [0.2, 0.25) is 0 Å². The zero-order valence-electron chi connectivity index (χ0n) is 21.7. The Kier molecular flexibility index (Phi) is 6.72. The summed E-state index contributed by atoms with van der Waals surface area (Å²) in [6.07, 6.45) is 11.7. The van der Waals surface area contributed by atoms with E-state index in [-0.39, 0.29) is 5.92 Å². The van der Waals surface area contributed by atoms with Gasteiger partial charge in [0.1, 0.15) is 5.78 Å². The zero-order chi connectivity index (χ0) is 23.9. The molecule has 1 aromatic carbocycles. The second-order valence-corrected chi connectivity index (χ2v) is 12.4. The van der Waals surface area contributed by atoms with Crippen molar-refractivity contribution in [1.29, 1.82) is 0 Å². The highest BCUT2D eigenvalue weighted by Crippen LogP contribution is 2.64. The largest absolute Gasteiger partial charge is 0.299 e. The number of aromatic nitrogens is 2. The first-order valence-corrected chi connectivity index (χ1v) is 13.7. The third kappa shape index (κ3) is 5.03. The summed E-state index contributed by atoms with van der Waals surface area (Å²) in [5.41, 5.74) is 4.79. The van der Waals surface area contributed by atoms with Gasteiger partial charge in [-0.05, 0) is 91.5 Å². The van der Waals surface area contributed by atoms with Crippen molar-refractivity contribution in [3.63, 3.8) is 0 Å². The van der Waals surface area contributed by atoms with E-state index in [1.807, 2.05) is 20.0 Å². The Morgan fingerprint density at radius 2 is 1.71 bits per heavy atom. The van der Waals surface area contributed by atoms with Gasteiger partial charge in [-0.2, -0.15) is 5.10 Å². The summed E-state index contributed by atoms with van der Waals surface area (Å²) in [5, 5.41) is 4.58. The Balaban J connectivity index is 1.04. The summed E-state index contributed by atoms with van der Waals surface area (Å²) in [5.74, 6) is 3.04. The van der Waals surface area contributed by atoms with Crippen LogP contribution in [-0.4, -0.2) is 33.6 Å². The molecule has 4 nitrogen and oxygen atoms in total. The molecule has 0 radical (unpaired) electrons. The number of carbonyl (C=O) groups is 1. The molecule has 2 aliphatic carbocycles. The van der Waals surface area contributed by atoms with Crippen LogP contribution in [0.15, 0.2) is 36.7 Å². The first-order chi connectivity index (χ1) is 16.3. The maximum Gasteiger partial charge on any atom is 0.138 e. The lowest BCUT2D eigenvalue weighted by molar-refractivity contribution is -0.139. The van der Waals surface area contributed by atoms with Gasteiger partial charge in [0.05, 0.1) is 6.20 Å². The van der Waals surface area contributed by atoms with Gasteiger partial charge in [0, 0.05) is 31.1 Å². The molecule has 2 heterocycles. The van der Waals surface area contributed by atoms with Crippen molar-refractivity contribution < 1.29 is 4.79 Å². The number of benzene rings is 1. The normalized spacial score (nSPS) is 27.8. The number of nitrogens with zero attached hydrogens (tertiary/aromatic N) is 3. The molecule has 4 heteroatoms. The maximum atomic E-state index is 12.2. The number of carbonyl (C=O) groups excluding carboxylic acids is 1. The molecule has 2 saturated carbocycles. The van der Waals surface area contributed by atoms with Gasteiger partial charge in [-0.15, -0.1) is 0 Å². The second kappa shape index (κ2) is 9.60. The summed E-state index contributed by atoms with van der Waals surface area (Å²) in [7, 11) is 0. The van der Waals surface area contributed by atoms with E-state index in [1.54, 1.807) is 0 Å². The van der Waals surface area contributed by atoms with Crippen LogP contribution in [0.3, 0.4) is 0 Å². The van der Waals surface area contributed by atoms with Crippen LogP contribution in [0, 0.1) is 23.2 Å². The predicted molar refractivity (Wildman–Crippen MR) is 138 cm³/mol. The van der Waals surface area contributed by atoms with Crippen molar-refractivity contribution >= 4 is 5.78 Å². The Hall–Kier alpha value is -1.94. The lowest BCUT2D eigenvalue weighted by Gasteiger charge is -2.58. The van der Waals surface area contributed by atoms with Gasteiger partial charge >= 0.3 is 0 Å². The van der Waals surface area contributed by atoms with E-state index in [9.17, 15) is 4.79 Å². The fraction of sp³-hybridized carbons (Fsp3) is 0.667.